The van der Waals surface area contributed by atoms with Crippen LogP contribution in [0.5, 0.6) is 0 Å². The number of nitrogens with zero attached hydrogens (tertiary/aromatic N) is 2. The number of halogens is 4. The number of amides is 2. The van der Waals surface area contributed by atoms with Crippen molar-refractivity contribution in [2.24, 2.45) is 0 Å². The van der Waals surface area contributed by atoms with E-state index in [1.807, 2.05) is 6.92 Å². The van der Waals surface area contributed by atoms with Crippen LogP contribution in [0.2, 0.25) is 20.1 Å². The Kier molecular flexibility index (Phi) is 11.3. The Morgan fingerprint density at radius 3 is 2.07 bits per heavy atom. The molecule has 1 aliphatic rings. The molecule has 0 saturated heterocycles. The van der Waals surface area contributed by atoms with E-state index in [0.29, 0.717) is 15.6 Å². The summed E-state index contributed by atoms with van der Waals surface area (Å²) in [6.45, 7) is 2.89. The normalized spacial score (nSPS) is 14.4. The maximum atomic E-state index is 14.3. The first-order valence-electron chi connectivity index (χ1n) is 14.0. The third-order valence-electron chi connectivity index (χ3n) is 7.50. The summed E-state index contributed by atoms with van der Waals surface area (Å²) in [7, 11) is -4.28. The van der Waals surface area contributed by atoms with Crippen LogP contribution in [0.3, 0.4) is 0 Å². The first-order valence-corrected chi connectivity index (χ1v) is 16.9. The Labute approximate surface area is 273 Å². The molecule has 0 unspecified atom stereocenters. The summed E-state index contributed by atoms with van der Waals surface area (Å²) < 4.78 is 29.0. The van der Waals surface area contributed by atoms with Gasteiger partial charge in [-0.2, -0.15) is 0 Å². The molecule has 0 aliphatic heterocycles. The Hall–Kier alpha value is -2.49. The number of aryl methyl sites for hydroxylation is 1. The van der Waals surface area contributed by atoms with Crippen molar-refractivity contribution in [3.63, 3.8) is 0 Å². The Morgan fingerprint density at radius 1 is 0.930 bits per heavy atom. The van der Waals surface area contributed by atoms with Gasteiger partial charge in [-0.05, 0) is 68.7 Å². The van der Waals surface area contributed by atoms with Gasteiger partial charge in [-0.15, -0.1) is 0 Å². The fourth-order valence-corrected chi connectivity index (χ4v) is 7.62. The Bertz CT molecular complexity index is 1540. The molecule has 0 aromatic heterocycles. The predicted molar refractivity (Wildman–Crippen MR) is 174 cm³/mol. The highest BCUT2D eigenvalue weighted by molar-refractivity contribution is 7.92. The molecule has 2 amide bonds. The summed E-state index contributed by atoms with van der Waals surface area (Å²) in [4.78, 5) is 29.2. The van der Waals surface area contributed by atoms with E-state index in [0.717, 1.165) is 35.6 Å². The smallest absolute Gasteiger partial charge is 0.264 e. The minimum atomic E-state index is -4.28. The molecular weight excluding hydrogens is 652 g/mol. The van der Waals surface area contributed by atoms with Gasteiger partial charge in [-0.25, -0.2) is 8.42 Å². The summed E-state index contributed by atoms with van der Waals surface area (Å²) in [5, 5.41) is 4.11. The molecule has 1 atom stereocenters. The number of carbonyl (C=O) groups excluding carboxylic acids is 2. The minimum Gasteiger partial charge on any atom is -0.352 e. The quantitative estimate of drug-likeness (QED) is 0.225. The maximum Gasteiger partial charge on any atom is 0.264 e. The molecule has 1 saturated carbocycles. The summed E-state index contributed by atoms with van der Waals surface area (Å²) in [5.41, 5.74) is 1.42. The zero-order valence-electron chi connectivity index (χ0n) is 23.8. The second kappa shape index (κ2) is 14.5. The molecule has 1 aliphatic carbocycles. The largest absolute Gasteiger partial charge is 0.352 e. The van der Waals surface area contributed by atoms with E-state index in [1.165, 1.54) is 35.2 Å². The molecular formula is C31H33Cl4N3O4S. The average molecular weight is 686 g/mol. The lowest BCUT2D eigenvalue weighted by Gasteiger charge is -2.34. The molecule has 1 N–H and O–H groups in total. The monoisotopic (exact) mass is 683 g/mol. The highest BCUT2D eigenvalue weighted by Gasteiger charge is 2.35. The van der Waals surface area contributed by atoms with Crippen LogP contribution in [0.1, 0.15) is 50.2 Å². The fourth-order valence-electron chi connectivity index (χ4n) is 5.19. The van der Waals surface area contributed by atoms with Crippen LogP contribution in [0, 0.1) is 6.92 Å². The number of benzene rings is 3. The van der Waals surface area contributed by atoms with Crippen LogP contribution in [0.4, 0.5) is 5.69 Å². The van der Waals surface area contributed by atoms with E-state index in [2.05, 4.69) is 5.32 Å². The van der Waals surface area contributed by atoms with E-state index in [4.69, 9.17) is 46.4 Å². The van der Waals surface area contributed by atoms with Gasteiger partial charge in [0.2, 0.25) is 11.8 Å². The summed E-state index contributed by atoms with van der Waals surface area (Å²) in [6.07, 6.45) is 4.05. The van der Waals surface area contributed by atoms with Crippen molar-refractivity contribution in [3.05, 3.63) is 91.9 Å². The number of anilines is 1. The van der Waals surface area contributed by atoms with Crippen LogP contribution in [-0.2, 0) is 26.2 Å². The lowest BCUT2D eigenvalue weighted by Crippen LogP contribution is -2.53. The standard InChI is InChI=1S/C31H33Cl4N3O4S/c1-3-29(31(40)36-23-7-4-5-8-23)37(18-26-27(34)9-6-10-28(26)35)30(39)19-38(24-16-21(32)15-22(33)17-24)43(41,42)25-13-11-20(2)12-14-25/h6,9-17,23,29H,3-5,7-8,18-19H2,1-2H3,(H,36,40)/t29-/m0/s1. The summed E-state index contributed by atoms with van der Waals surface area (Å²) in [6, 6.07) is 14.7. The van der Waals surface area contributed by atoms with Crippen LogP contribution < -0.4 is 9.62 Å². The second-order valence-corrected chi connectivity index (χ2v) is 14.1. The second-order valence-electron chi connectivity index (χ2n) is 10.6. The number of carbonyl (C=O) groups is 2. The fraction of sp³-hybridized carbons (Fsp3) is 0.355. The van der Waals surface area contributed by atoms with Crippen LogP contribution in [0.15, 0.2) is 65.6 Å². The van der Waals surface area contributed by atoms with Crippen molar-refractivity contribution >= 4 is 73.9 Å². The topological polar surface area (TPSA) is 86.8 Å². The van der Waals surface area contributed by atoms with Gasteiger partial charge in [0.25, 0.3) is 10.0 Å². The molecule has 12 heteroatoms. The molecule has 43 heavy (non-hydrogen) atoms. The van der Waals surface area contributed by atoms with Crippen molar-refractivity contribution < 1.29 is 18.0 Å². The van der Waals surface area contributed by atoms with Crippen LogP contribution >= 0.6 is 46.4 Å². The maximum absolute atomic E-state index is 14.3. The van der Waals surface area contributed by atoms with Gasteiger partial charge >= 0.3 is 0 Å². The summed E-state index contributed by atoms with van der Waals surface area (Å²) in [5.74, 6) is -0.944. The molecule has 4 rings (SSSR count). The van der Waals surface area contributed by atoms with Gasteiger partial charge in [0.1, 0.15) is 12.6 Å². The van der Waals surface area contributed by atoms with Gasteiger partial charge in [0.05, 0.1) is 10.6 Å². The molecule has 7 nitrogen and oxygen atoms in total. The van der Waals surface area contributed by atoms with Crippen LogP contribution in [-0.4, -0.2) is 43.8 Å². The zero-order valence-corrected chi connectivity index (χ0v) is 27.7. The lowest BCUT2D eigenvalue weighted by atomic mass is 10.1. The highest BCUT2D eigenvalue weighted by Crippen LogP contribution is 2.32. The zero-order chi connectivity index (χ0) is 31.3. The van der Waals surface area contributed by atoms with Crippen molar-refractivity contribution in [1.82, 2.24) is 10.2 Å². The Balaban J connectivity index is 1.77. The molecule has 0 bridgehead atoms. The van der Waals surface area contributed by atoms with Crippen LogP contribution in [0.25, 0.3) is 0 Å². The average Bonchev–Trinajstić information content (AvgIpc) is 3.45. The molecule has 0 radical (unpaired) electrons. The van der Waals surface area contributed by atoms with Gasteiger partial charge in [0, 0.05) is 38.2 Å². The number of nitrogens with one attached hydrogen (secondary N) is 1. The van der Waals surface area contributed by atoms with Crippen molar-refractivity contribution in [1.29, 1.82) is 0 Å². The van der Waals surface area contributed by atoms with E-state index in [1.54, 1.807) is 37.3 Å². The third kappa shape index (κ3) is 8.17. The minimum absolute atomic E-state index is 0.0197. The highest BCUT2D eigenvalue weighted by atomic mass is 35.5. The first-order chi connectivity index (χ1) is 20.4. The van der Waals surface area contributed by atoms with E-state index in [9.17, 15) is 18.0 Å². The number of sulfonamides is 1. The number of rotatable bonds is 11. The molecule has 0 heterocycles. The molecule has 230 valence electrons. The van der Waals surface area contributed by atoms with Crippen molar-refractivity contribution in [2.75, 3.05) is 10.8 Å². The van der Waals surface area contributed by atoms with Gasteiger partial charge < -0.3 is 10.2 Å². The van der Waals surface area contributed by atoms with Gasteiger partial charge in [0.15, 0.2) is 0 Å². The molecule has 3 aromatic rings. The summed E-state index contributed by atoms with van der Waals surface area (Å²) >= 11 is 25.5. The van der Waals surface area contributed by atoms with Crippen molar-refractivity contribution in [2.45, 2.75) is 69.5 Å². The SMILES string of the molecule is CC[C@@H](C(=O)NC1CCCC1)N(Cc1c(Cl)cccc1Cl)C(=O)CN(c1cc(Cl)cc(Cl)c1)S(=O)(=O)c1ccc(C)cc1. The predicted octanol–water partition coefficient (Wildman–Crippen LogP) is 7.67. The number of hydrogen-bond donors (Lipinski definition) is 1. The molecule has 1 fully saturated rings. The lowest BCUT2D eigenvalue weighted by molar-refractivity contribution is -0.140. The molecule has 3 aromatic carbocycles. The first kappa shape index (κ1) is 33.4. The Morgan fingerprint density at radius 2 is 1.51 bits per heavy atom. The van der Waals surface area contributed by atoms with E-state index < -0.39 is 28.5 Å². The van der Waals surface area contributed by atoms with Gasteiger partial charge in [-0.1, -0.05) is 89.9 Å². The van der Waals surface area contributed by atoms with E-state index >= 15 is 0 Å². The third-order valence-corrected chi connectivity index (χ3v) is 10.4. The molecule has 0 spiro atoms. The van der Waals surface area contributed by atoms with Crippen molar-refractivity contribution in [3.8, 4) is 0 Å². The van der Waals surface area contributed by atoms with E-state index in [-0.39, 0.29) is 45.5 Å². The number of hydrogen-bond acceptors (Lipinski definition) is 4. The van der Waals surface area contributed by atoms with Gasteiger partial charge in [-0.3, -0.25) is 13.9 Å².